The fourth-order valence-electron chi connectivity index (χ4n) is 5.74. The zero-order valence-corrected chi connectivity index (χ0v) is 23.4. The van der Waals surface area contributed by atoms with Gasteiger partial charge in [-0.25, -0.2) is 27.9 Å². The molecule has 0 spiro atoms. The molecule has 0 saturated carbocycles. The highest BCUT2D eigenvalue weighted by atomic mass is 32.2. The molecule has 2 saturated heterocycles. The van der Waals surface area contributed by atoms with Gasteiger partial charge in [0.05, 0.1) is 17.5 Å². The van der Waals surface area contributed by atoms with E-state index in [1.165, 1.54) is 30.1 Å². The maximum Gasteiger partial charge on any atom is 0.410 e. The third kappa shape index (κ3) is 4.49. The number of thioether (sulfide) groups is 1. The van der Waals surface area contributed by atoms with Gasteiger partial charge in [0.15, 0.2) is 22.6 Å². The van der Waals surface area contributed by atoms with Gasteiger partial charge in [0, 0.05) is 30.2 Å². The van der Waals surface area contributed by atoms with Crippen molar-refractivity contribution in [2.45, 2.75) is 56.5 Å². The first-order valence-corrected chi connectivity index (χ1v) is 14.3. The number of halogens is 3. The van der Waals surface area contributed by atoms with Crippen LogP contribution in [0, 0.1) is 17.5 Å². The molecular weight excluding hydrogens is 539 g/mol. The van der Waals surface area contributed by atoms with Gasteiger partial charge >= 0.3 is 6.09 Å². The summed E-state index contributed by atoms with van der Waals surface area (Å²) in [6.45, 7) is 6.55. The fourth-order valence-corrected chi connectivity index (χ4v) is 6.10. The smallest absolute Gasteiger partial charge is 0.410 e. The van der Waals surface area contributed by atoms with Crippen molar-refractivity contribution in [3.05, 3.63) is 54.0 Å². The average Bonchev–Trinajstić information content (AvgIpc) is 3.19. The van der Waals surface area contributed by atoms with Crippen LogP contribution >= 0.6 is 11.8 Å². The van der Waals surface area contributed by atoms with Gasteiger partial charge in [-0.3, -0.25) is 9.88 Å². The minimum Gasteiger partial charge on any atom is -0.444 e. The van der Waals surface area contributed by atoms with Crippen LogP contribution in [0.15, 0.2) is 41.7 Å². The molecule has 1 amide bonds. The number of fused-ring (bicyclic) bond motifs is 4. The Morgan fingerprint density at radius 2 is 1.75 bits per heavy atom. The fraction of sp³-hybridized carbons (Fsp3) is 0.379. The molecule has 2 aliphatic rings. The number of anilines is 1. The van der Waals surface area contributed by atoms with Crippen molar-refractivity contribution in [1.82, 2.24) is 19.9 Å². The minimum absolute atomic E-state index is 0.0394. The summed E-state index contributed by atoms with van der Waals surface area (Å²) in [5, 5.41) is 1.18. The zero-order valence-electron chi connectivity index (χ0n) is 22.5. The van der Waals surface area contributed by atoms with Crippen LogP contribution in [0.25, 0.3) is 32.9 Å². The van der Waals surface area contributed by atoms with Crippen LogP contribution in [-0.4, -0.2) is 63.0 Å². The molecule has 11 heteroatoms. The van der Waals surface area contributed by atoms with E-state index in [0.29, 0.717) is 34.8 Å². The lowest BCUT2D eigenvalue weighted by Gasteiger charge is -2.42. The molecule has 2 unspecified atom stereocenters. The van der Waals surface area contributed by atoms with Crippen LogP contribution in [-0.2, 0) is 4.74 Å². The number of aromatic nitrogens is 3. The van der Waals surface area contributed by atoms with E-state index in [9.17, 15) is 13.6 Å². The Morgan fingerprint density at radius 1 is 1.02 bits per heavy atom. The van der Waals surface area contributed by atoms with Gasteiger partial charge in [0.1, 0.15) is 22.6 Å². The number of benzene rings is 2. The molecule has 0 aliphatic carbocycles. The Bertz CT molecular complexity index is 1650. The standard InChI is InChI=1S/C29H28F3N5O2S/c1-29(2,3)39-28(38)37-16-9-10-17(37)14-36(13-16)26-19-12-33-24(23(32)25(19)34-27(35-26)40-4)18-7-5-6-15-8-11-20(30)22(31)21(15)18/h5-8,11-12,16-17H,9-10,13-14H2,1-4H3. The lowest BCUT2D eigenvalue weighted by molar-refractivity contribution is 0.0123. The monoisotopic (exact) mass is 567 g/mol. The van der Waals surface area contributed by atoms with E-state index in [-0.39, 0.29) is 40.3 Å². The summed E-state index contributed by atoms with van der Waals surface area (Å²) in [6, 6.07) is 7.17. The number of hydrogen-bond donors (Lipinski definition) is 0. The number of piperazine rings is 1. The first-order chi connectivity index (χ1) is 19.1. The van der Waals surface area contributed by atoms with Gasteiger partial charge in [-0.15, -0.1) is 0 Å². The molecule has 2 aromatic carbocycles. The summed E-state index contributed by atoms with van der Waals surface area (Å²) in [5.41, 5.74) is -0.517. The van der Waals surface area contributed by atoms with Crippen molar-refractivity contribution < 1.29 is 22.7 Å². The predicted molar refractivity (Wildman–Crippen MR) is 149 cm³/mol. The van der Waals surface area contributed by atoms with E-state index in [2.05, 4.69) is 14.9 Å². The van der Waals surface area contributed by atoms with Crippen molar-refractivity contribution in [3.8, 4) is 11.3 Å². The Kier molecular flexibility index (Phi) is 6.52. The molecule has 6 rings (SSSR count). The van der Waals surface area contributed by atoms with Crippen molar-refractivity contribution in [2.24, 2.45) is 0 Å². The number of carbonyl (C=O) groups is 1. The van der Waals surface area contributed by atoms with E-state index < -0.39 is 23.1 Å². The Balaban J connectivity index is 1.42. The number of nitrogens with zero attached hydrogens (tertiary/aromatic N) is 5. The molecule has 2 aliphatic heterocycles. The normalized spacial score (nSPS) is 19.1. The van der Waals surface area contributed by atoms with Gasteiger partial charge in [-0.05, 0) is 51.3 Å². The quantitative estimate of drug-likeness (QED) is 0.205. The number of rotatable bonds is 3. The van der Waals surface area contributed by atoms with Gasteiger partial charge in [-0.1, -0.05) is 36.0 Å². The number of hydrogen-bond acceptors (Lipinski definition) is 7. The Morgan fingerprint density at radius 3 is 2.42 bits per heavy atom. The second kappa shape index (κ2) is 9.79. The molecule has 0 radical (unpaired) electrons. The number of pyridine rings is 1. The Hall–Kier alpha value is -3.60. The molecule has 4 heterocycles. The number of amides is 1. The van der Waals surface area contributed by atoms with Gasteiger partial charge in [-0.2, -0.15) is 0 Å². The maximum absolute atomic E-state index is 16.2. The highest BCUT2D eigenvalue weighted by molar-refractivity contribution is 7.98. The van der Waals surface area contributed by atoms with Crippen LogP contribution in [0.3, 0.4) is 0 Å². The average molecular weight is 568 g/mol. The van der Waals surface area contributed by atoms with Gasteiger partial charge < -0.3 is 9.64 Å². The summed E-state index contributed by atoms with van der Waals surface area (Å²) in [7, 11) is 0. The first-order valence-electron chi connectivity index (χ1n) is 13.1. The largest absolute Gasteiger partial charge is 0.444 e. The molecule has 0 N–H and O–H groups in total. The molecule has 2 bridgehead atoms. The zero-order chi connectivity index (χ0) is 28.3. The topological polar surface area (TPSA) is 71.5 Å². The lowest BCUT2D eigenvalue weighted by atomic mass is 10.00. The second-order valence-corrected chi connectivity index (χ2v) is 11.9. The molecule has 2 fully saturated rings. The highest BCUT2D eigenvalue weighted by Crippen LogP contribution is 2.39. The third-order valence-electron chi connectivity index (χ3n) is 7.40. The van der Waals surface area contributed by atoms with Crippen LogP contribution in [0.1, 0.15) is 33.6 Å². The van der Waals surface area contributed by atoms with Crippen molar-refractivity contribution in [2.75, 3.05) is 24.2 Å². The second-order valence-electron chi connectivity index (χ2n) is 11.2. The SMILES string of the molecule is CSc1nc(N2CC3CCC(C2)N3C(=O)OC(C)(C)C)c2cnc(-c3cccc4ccc(F)c(F)c34)c(F)c2n1. The van der Waals surface area contributed by atoms with Crippen molar-refractivity contribution in [1.29, 1.82) is 0 Å². The summed E-state index contributed by atoms with van der Waals surface area (Å²) in [4.78, 5) is 30.4. The highest BCUT2D eigenvalue weighted by Gasteiger charge is 2.45. The molecule has 4 aromatic rings. The molecule has 7 nitrogen and oxygen atoms in total. The minimum atomic E-state index is -1.05. The summed E-state index contributed by atoms with van der Waals surface area (Å²) >= 11 is 1.28. The van der Waals surface area contributed by atoms with E-state index >= 15 is 4.39 Å². The Labute approximate surface area is 233 Å². The summed E-state index contributed by atoms with van der Waals surface area (Å²) in [6.07, 6.45) is 4.63. The summed E-state index contributed by atoms with van der Waals surface area (Å²) in [5.74, 6) is -2.28. The van der Waals surface area contributed by atoms with Crippen molar-refractivity contribution in [3.63, 3.8) is 0 Å². The molecule has 40 heavy (non-hydrogen) atoms. The molecule has 2 aromatic heterocycles. The molecule has 208 valence electrons. The number of ether oxygens (including phenoxy) is 1. The van der Waals surface area contributed by atoms with Crippen LogP contribution < -0.4 is 4.90 Å². The van der Waals surface area contributed by atoms with Crippen molar-refractivity contribution >= 4 is 45.3 Å². The third-order valence-corrected chi connectivity index (χ3v) is 7.95. The van der Waals surface area contributed by atoms with Gasteiger partial charge in [0.25, 0.3) is 0 Å². The molecular formula is C29H28F3N5O2S. The number of carbonyl (C=O) groups excluding carboxylic acids is 1. The van der Waals surface area contributed by atoms with E-state index in [1.807, 2.05) is 25.7 Å². The van der Waals surface area contributed by atoms with E-state index in [1.54, 1.807) is 18.4 Å². The van der Waals surface area contributed by atoms with Crippen LogP contribution in [0.2, 0.25) is 0 Å². The summed E-state index contributed by atoms with van der Waals surface area (Å²) < 4.78 is 50.9. The first kappa shape index (κ1) is 26.6. The van der Waals surface area contributed by atoms with Crippen LogP contribution in [0.4, 0.5) is 23.8 Å². The van der Waals surface area contributed by atoms with E-state index in [4.69, 9.17) is 9.72 Å². The molecule has 2 atom stereocenters. The van der Waals surface area contributed by atoms with Crippen LogP contribution in [0.5, 0.6) is 0 Å². The van der Waals surface area contributed by atoms with E-state index in [0.717, 1.165) is 18.9 Å². The lowest BCUT2D eigenvalue weighted by Crippen LogP contribution is -2.57. The predicted octanol–water partition coefficient (Wildman–Crippen LogP) is 6.57. The van der Waals surface area contributed by atoms with Gasteiger partial charge in [0.2, 0.25) is 0 Å². The maximum atomic E-state index is 16.2.